The first-order valence-corrected chi connectivity index (χ1v) is 5.61. The Morgan fingerprint density at radius 3 is 2.62 bits per heavy atom. The molecule has 76 valence electrons. The molecular formula is C13H24. The highest BCUT2D eigenvalue weighted by Gasteiger charge is 2.32. The van der Waals surface area contributed by atoms with E-state index in [2.05, 4.69) is 40.7 Å². The zero-order chi connectivity index (χ0) is 10.1. The Balaban J connectivity index is 2.69. The van der Waals surface area contributed by atoms with E-state index in [4.69, 9.17) is 0 Å². The molecule has 0 bridgehead atoms. The van der Waals surface area contributed by atoms with Crippen molar-refractivity contribution in [2.45, 2.75) is 53.9 Å². The molecule has 0 aromatic heterocycles. The van der Waals surface area contributed by atoms with E-state index in [1.165, 1.54) is 19.3 Å². The van der Waals surface area contributed by atoms with Crippen LogP contribution in [-0.2, 0) is 0 Å². The van der Waals surface area contributed by atoms with Gasteiger partial charge in [0.15, 0.2) is 0 Å². The molecule has 13 heavy (non-hydrogen) atoms. The summed E-state index contributed by atoms with van der Waals surface area (Å²) in [5.41, 5.74) is 2.15. The van der Waals surface area contributed by atoms with Crippen LogP contribution in [0.3, 0.4) is 0 Å². The van der Waals surface area contributed by atoms with Gasteiger partial charge in [0.1, 0.15) is 0 Å². The minimum Gasteiger partial charge on any atom is -0.0822 e. The van der Waals surface area contributed by atoms with Gasteiger partial charge in [-0.2, -0.15) is 0 Å². The minimum atomic E-state index is 0.563. The van der Waals surface area contributed by atoms with Crippen LogP contribution in [0.5, 0.6) is 0 Å². The van der Waals surface area contributed by atoms with Crippen LogP contribution in [0.4, 0.5) is 0 Å². The van der Waals surface area contributed by atoms with Crippen molar-refractivity contribution >= 4 is 0 Å². The van der Waals surface area contributed by atoms with Crippen molar-refractivity contribution in [3.05, 3.63) is 11.6 Å². The third-order valence-corrected chi connectivity index (χ3v) is 3.60. The summed E-state index contributed by atoms with van der Waals surface area (Å²) in [7, 11) is 0. The number of hydrogen-bond acceptors (Lipinski definition) is 0. The summed E-state index contributed by atoms with van der Waals surface area (Å²) in [5, 5.41) is 0. The zero-order valence-corrected chi connectivity index (χ0v) is 9.85. The van der Waals surface area contributed by atoms with E-state index < -0.39 is 0 Å². The van der Waals surface area contributed by atoms with Gasteiger partial charge in [-0.05, 0) is 43.4 Å². The maximum atomic E-state index is 2.48. The largest absolute Gasteiger partial charge is 0.0822 e. The zero-order valence-electron chi connectivity index (χ0n) is 9.85. The van der Waals surface area contributed by atoms with Crippen LogP contribution < -0.4 is 0 Å². The van der Waals surface area contributed by atoms with E-state index in [9.17, 15) is 0 Å². The predicted octanol–water partition coefficient (Wildman–Crippen LogP) is 4.42. The second-order valence-corrected chi connectivity index (χ2v) is 5.55. The van der Waals surface area contributed by atoms with Crippen molar-refractivity contribution in [3.8, 4) is 0 Å². The van der Waals surface area contributed by atoms with Gasteiger partial charge in [-0.1, -0.05) is 39.3 Å². The lowest BCUT2D eigenvalue weighted by Crippen LogP contribution is -2.29. The van der Waals surface area contributed by atoms with Crippen LogP contribution in [0.1, 0.15) is 53.9 Å². The molecule has 2 unspecified atom stereocenters. The number of allylic oxidation sites excluding steroid dienone is 2. The summed E-state index contributed by atoms with van der Waals surface area (Å²) in [6.07, 6.45) is 6.55. The lowest BCUT2D eigenvalue weighted by Gasteiger charge is -2.39. The first-order chi connectivity index (χ1) is 5.94. The summed E-state index contributed by atoms with van der Waals surface area (Å²) in [6.45, 7) is 11.8. The first kappa shape index (κ1) is 10.8. The number of hydrogen-bond donors (Lipinski definition) is 0. The molecule has 0 heterocycles. The van der Waals surface area contributed by atoms with Crippen molar-refractivity contribution in [2.75, 3.05) is 0 Å². The molecule has 1 rings (SSSR count). The highest BCUT2D eigenvalue weighted by atomic mass is 14.4. The molecule has 0 nitrogen and oxygen atoms in total. The molecular weight excluding hydrogens is 156 g/mol. The smallest absolute Gasteiger partial charge is 0.0205 e. The van der Waals surface area contributed by atoms with Crippen LogP contribution >= 0.6 is 0 Å². The maximum absolute atomic E-state index is 2.48. The second kappa shape index (κ2) is 3.86. The fourth-order valence-corrected chi connectivity index (χ4v) is 2.64. The van der Waals surface area contributed by atoms with Crippen molar-refractivity contribution < 1.29 is 0 Å². The molecule has 1 aliphatic rings. The molecule has 0 spiro atoms. The van der Waals surface area contributed by atoms with Gasteiger partial charge in [0.05, 0.1) is 0 Å². The van der Waals surface area contributed by atoms with Gasteiger partial charge in [0.25, 0.3) is 0 Å². The highest BCUT2D eigenvalue weighted by molar-refractivity contribution is 5.09. The van der Waals surface area contributed by atoms with Crippen LogP contribution in [-0.4, -0.2) is 0 Å². The average Bonchev–Trinajstić information content (AvgIpc) is 1.97. The fraction of sp³-hybridized carbons (Fsp3) is 0.846. The molecule has 0 saturated carbocycles. The SMILES string of the molecule is CC1=CC(C)C(C)(CC(C)C)CC1. The quantitative estimate of drug-likeness (QED) is 0.552. The van der Waals surface area contributed by atoms with E-state index in [0.29, 0.717) is 5.41 Å². The summed E-state index contributed by atoms with van der Waals surface area (Å²) < 4.78 is 0. The van der Waals surface area contributed by atoms with E-state index in [-0.39, 0.29) is 0 Å². The average molecular weight is 180 g/mol. The standard InChI is InChI=1S/C13H24/c1-10(2)9-13(5)7-6-11(3)8-12(13)4/h8,10,12H,6-7,9H2,1-5H3. The molecule has 0 aliphatic heterocycles. The summed E-state index contributed by atoms with van der Waals surface area (Å²) >= 11 is 0. The van der Waals surface area contributed by atoms with Crippen molar-refractivity contribution in [1.29, 1.82) is 0 Å². The van der Waals surface area contributed by atoms with Crippen molar-refractivity contribution in [3.63, 3.8) is 0 Å². The Bertz CT molecular complexity index is 200. The van der Waals surface area contributed by atoms with Crippen LogP contribution in [0.15, 0.2) is 11.6 Å². The molecule has 0 fully saturated rings. The predicted molar refractivity (Wildman–Crippen MR) is 59.7 cm³/mol. The summed E-state index contributed by atoms with van der Waals surface area (Å²) in [6, 6.07) is 0. The van der Waals surface area contributed by atoms with Crippen LogP contribution in [0.25, 0.3) is 0 Å². The molecule has 1 aliphatic carbocycles. The Labute approximate surface area is 83.4 Å². The van der Waals surface area contributed by atoms with Gasteiger partial charge < -0.3 is 0 Å². The number of rotatable bonds is 2. The van der Waals surface area contributed by atoms with Gasteiger partial charge in [-0.15, -0.1) is 0 Å². The van der Waals surface area contributed by atoms with Crippen molar-refractivity contribution in [1.82, 2.24) is 0 Å². The lowest BCUT2D eigenvalue weighted by molar-refractivity contribution is 0.165. The van der Waals surface area contributed by atoms with Gasteiger partial charge in [0, 0.05) is 0 Å². The Morgan fingerprint density at radius 1 is 1.54 bits per heavy atom. The highest BCUT2D eigenvalue weighted by Crippen LogP contribution is 2.43. The van der Waals surface area contributed by atoms with Crippen molar-refractivity contribution in [2.24, 2.45) is 17.3 Å². The van der Waals surface area contributed by atoms with E-state index >= 15 is 0 Å². The summed E-state index contributed by atoms with van der Waals surface area (Å²) in [5.74, 6) is 1.60. The minimum absolute atomic E-state index is 0.563. The molecule has 0 radical (unpaired) electrons. The van der Waals surface area contributed by atoms with E-state index in [0.717, 1.165) is 11.8 Å². The summed E-state index contributed by atoms with van der Waals surface area (Å²) in [4.78, 5) is 0. The lowest BCUT2D eigenvalue weighted by atomic mass is 9.66. The maximum Gasteiger partial charge on any atom is -0.0205 e. The normalized spacial score (nSPS) is 34.9. The molecule has 0 N–H and O–H groups in total. The van der Waals surface area contributed by atoms with Gasteiger partial charge >= 0.3 is 0 Å². The van der Waals surface area contributed by atoms with Gasteiger partial charge in [-0.25, -0.2) is 0 Å². The Morgan fingerprint density at radius 2 is 2.15 bits per heavy atom. The van der Waals surface area contributed by atoms with Crippen LogP contribution in [0.2, 0.25) is 0 Å². The molecule has 0 aromatic rings. The fourth-order valence-electron chi connectivity index (χ4n) is 2.64. The van der Waals surface area contributed by atoms with Gasteiger partial charge in [0.2, 0.25) is 0 Å². The molecule has 0 saturated heterocycles. The van der Waals surface area contributed by atoms with E-state index in [1.54, 1.807) is 5.57 Å². The first-order valence-electron chi connectivity index (χ1n) is 5.61. The molecule has 0 aromatic carbocycles. The van der Waals surface area contributed by atoms with Crippen LogP contribution in [0, 0.1) is 17.3 Å². The third kappa shape index (κ3) is 2.59. The Hall–Kier alpha value is -0.260. The molecule has 0 amide bonds. The second-order valence-electron chi connectivity index (χ2n) is 5.55. The Kier molecular flexibility index (Phi) is 3.21. The molecule has 0 heteroatoms. The monoisotopic (exact) mass is 180 g/mol. The molecule has 2 atom stereocenters. The van der Waals surface area contributed by atoms with Gasteiger partial charge in [-0.3, -0.25) is 0 Å². The van der Waals surface area contributed by atoms with E-state index in [1.807, 2.05) is 0 Å². The third-order valence-electron chi connectivity index (χ3n) is 3.60. The topological polar surface area (TPSA) is 0 Å².